The Morgan fingerprint density at radius 2 is 1.42 bits per heavy atom. The fourth-order valence-electron chi connectivity index (χ4n) is 2.46. The van der Waals surface area contributed by atoms with E-state index in [9.17, 15) is 0 Å². The highest BCUT2D eigenvalue weighted by Crippen LogP contribution is 2.21. The summed E-state index contributed by atoms with van der Waals surface area (Å²) in [6.07, 6.45) is 0. The number of rotatable bonds is 3. The van der Waals surface area contributed by atoms with E-state index in [0.29, 0.717) is 0 Å². The van der Waals surface area contributed by atoms with E-state index in [1.807, 2.05) is 0 Å². The minimum absolute atomic E-state index is 0.922. The van der Waals surface area contributed by atoms with E-state index in [1.165, 1.54) is 22.0 Å². The fraction of sp³-hybridized carbons (Fsp3) is 0.111. The minimum Gasteiger partial charge on any atom is -0.370 e. The standard InChI is InChI=1S/C18H17N/c1-19(17-11-3-2-4-12-17)14-16-10-7-9-15-8-5-6-13-18(15)16/h2-13H,14H2,1H3. The molecule has 3 aromatic rings. The van der Waals surface area contributed by atoms with E-state index in [0.717, 1.165) is 6.54 Å². The average Bonchev–Trinajstić information content (AvgIpc) is 2.48. The molecule has 0 spiro atoms. The molecule has 0 aliphatic heterocycles. The summed E-state index contributed by atoms with van der Waals surface area (Å²) in [6.45, 7) is 0.922. The second-order valence-corrected chi connectivity index (χ2v) is 4.83. The van der Waals surface area contributed by atoms with Crippen LogP contribution in [0.3, 0.4) is 0 Å². The molecule has 0 heterocycles. The molecule has 0 aliphatic carbocycles. The van der Waals surface area contributed by atoms with E-state index < -0.39 is 0 Å². The van der Waals surface area contributed by atoms with Gasteiger partial charge >= 0.3 is 0 Å². The molecule has 0 N–H and O–H groups in total. The SMILES string of the molecule is CN(Cc1cccc2ccccc12)c1ccccc1. The van der Waals surface area contributed by atoms with Crippen LogP contribution in [0.1, 0.15) is 5.56 Å². The highest BCUT2D eigenvalue weighted by atomic mass is 15.1. The van der Waals surface area contributed by atoms with Crippen molar-refractivity contribution in [2.75, 3.05) is 11.9 Å². The lowest BCUT2D eigenvalue weighted by molar-refractivity contribution is 0.930. The predicted molar refractivity (Wildman–Crippen MR) is 82.5 cm³/mol. The van der Waals surface area contributed by atoms with Gasteiger partial charge in [0.1, 0.15) is 0 Å². The number of hydrogen-bond acceptors (Lipinski definition) is 1. The molecule has 0 bridgehead atoms. The lowest BCUT2D eigenvalue weighted by atomic mass is 10.0. The minimum atomic E-state index is 0.922. The second-order valence-electron chi connectivity index (χ2n) is 4.83. The smallest absolute Gasteiger partial charge is 0.0432 e. The third-order valence-corrected chi connectivity index (χ3v) is 3.48. The van der Waals surface area contributed by atoms with Crippen LogP contribution in [-0.2, 0) is 6.54 Å². The molecule has 19 heavy (non-hydrogen) atoms. The van der Waals surface area contributed by atoms with Crippen molar-refractivity contribution in [2.45, 2.75) is 6.54 Å². The maximum absolute atomic E-state index is 2.28. The summed E-state index contributed by atoms with van der Waals surface area (Å²) < 4.78 is 0. The first-order chi connectivity index (χ1) is 9.34. The van der Waals surface area contributed by atoms with Crippen molar-refractivity contribution in [1.82, 2.24) is 0 Å². The Hall–Kier alpha value is -2.28. The molecule has 94 valence electrons. The van der Waals surface area contributed by atoms with Crippen molar-refractivity contribution in [1.29, 1.82) is 0 Å². The average molecular weight is 247 g/mol. The van der Waals surface area contributed by atoms with Crippen LogP contribution in [0.25, 0.3) is 10.8 Å². The van der Waals surface area contributed by atoms with Gasteiger partial charge in [-0.15, -0.1) is 0 Å². The van der Waals surface area contributed by atoms with Crippen molar-refractivity contribution in [3.63, 3.8) is 0 Å². The summed E-state index contributed by atoms with van der Waals surface area (Å²) in [4.78, 5) is 2.28. The van der Waals surface area contributed by atoms with Crippen LogP contribution in [0.4, 0.5) is 5.69 Å². The highest BCUT2D eigenvalue weighted by molar-refractivity contribution is 5.85. The summed E-state index contributed by atoms with van der Waals surface area (Å²) in [5, 5.41) is 2.65. The molecular weight excluding hydrogens is 230 g/mol. The maximum Gasteiger partial charge on any atom is 0.0432 e. The molecule has 1 nitrogen and oxygen atoms in total. The fourth-order valence-corrected chi connectivity index (χ4v) is 2.46. The first-order valence-electron chi connectivity index (χ1n) is 6.57. The molecule has 0 radical (unpaired) electrons. The monoisotopic (exact) mass is 247 g/mol. The van der Waals surface area contributed by atoms with Crippen LogP contribution < -0.4 is 4.90 Å². The van der Waals surface area contributed by atoms with Crippen LogP contribution in [0.2, 0.25) is 0 Å². The lowest BCUT2D eigenvalue weighted by Crippen LogP contribution is -2.16. The number of hydrogen-bond donors (Lipinski definition) is 0. The summed E-state index contributed by atoms with van der Waals surface area (Å²) in [6, 6.07) is 25.6. The summed E-state index contributed by atoms with van der Waals surface area (Å²) in [5.74, 6) is 0. The van der Waals surface area contributed by atoms with Gasteiger partial charge in [-0.3, -0.25) is 0 Å². The van der Waals surface area contributed by atoms with Gasteiger partial charge < -0.3 is 4.90 Å². The van der Waals surface area contributed by atoms with Crippen molar-refractivity contribution in [2.24, 2.45) is 0 Å². The molecule has 0 aromatic heterocycles. The molecule has 0 saturated carbocycles. The normalized spacial score (nSPS) is 10.6. The quantitative estimate of drug-likeness (QED) is 0.659. The Balaban J connectivity index is 1.94. The Morgan fingerprint density at radius 3 is 2.26 bits per heavy atom. The van der Waals surface area contributed by atoms with Crippen molar-refractivity contribution < 1.29 is 0 Å². The Labute approximate surface area is 114 Å². The van der Waals surface area contributed by atoms with Gasteiger partial charge in [0.15, 0.2) is 0 Å². The van der Waals surface area contributed by atoms with E-state index >= 15 is 0 Å². The van der Waals surface area contributed by atoms with Crippen LogP contribution in [0, 0.1) is 0 Å². The zero-order valence-corrected chi connectivity index (χ0v) is 11.1. The second kappa shape index (κ2) is 5.15. The predicted octanol–water partition coefficient (Wildman–Crippen LogP) is 4.48. The largest absolute Gasteiger partial charge is 0.370 e. The Kier molecular flexibility index (Phi) is 3.20. The summed E-state index contributed by atoms with van der Waals surface area (Å²) in [7, 11) is 2.14. The molecule has 0 unspecified atom stereocenters. The molecule has 3 aromatic carbocycles. The third kappa shape index (κ3) is 2.45. The van der Waals surface area contributed by atoms with Crippen LogP contribution in [-0.4, -0.2) is 7.05 Å². The van der Waals surface area contributed by atoms with Crippen LogP contribution >= 0.6 is 0 Å². The van der Waals surface area contributed by atoms with Gasteiger partial charge in [0.2, 0.25) is 0 Å². The van der Waals surface area contributed by atoms with Gasteiger partial charge in [-0.1, -0.05) is 60.7 Å². The molecule has 0 fully saturated rings. The zero-order valence-electron chi connectivity index (χ0n) is 11.1. The van der Waals surface area contributed by atoms with Crippen molar-refractivity contribution in [3.05, 3.63) is 78.4 Å². The van der Waals surface area contributed by atoms with Gasteiger partial charge in [-0.25, -0.2) is 0 Å². The Morgan fingerprint density at radius 1 is 0.737 bits per heavy atom. The molecule has 0 aliphatic rings. The summed E-state index contributed by atoms with van der Waals surface area (Å²) >= 11 is 0. The topological polar surface area (TPSA) is 3.24 Å². The summed E-state index contributed by atoms with van der Waals surface area (Å²) in [5.41, 5.74) is 2.61. The first kappa shape index (κ1) is 11.8. The first-order valence-corrected chi connectivity index (χ1v) is 6.57. The maximum atomic E-state index is 2.28. The number of anilines is 1. The van der Waals surface area contributed by atoms with Gasteiger partial charge in [-0.05, 0) is 28.5 Å². The van der Waals surface area contributed by atoms with E-state index in [1.54, 1.807) is 0 Å². The van der Waals surface area contributed by atoms with Gasteiger partial charge in [0.25, 0.3) is 0 Å². The molecule has 0 amide bonds. The molecule has 0 atom stereocenters. The number of benzene rings is 3. The van der Waals surface area contributed by atoms with Crippen molar-refractivity contribution in [3.8, 4) is 0 Å². The van der Waals surface area contributed by atoms with E-state index in [2.05, 4.69) is 84.7 Å². The van der Waals surface area contributed by atoms with Crippen LogP contribution in [0.5, 0.6) is 0 Å². The third-order valence-electron chi connectivity index (χ3n) is 3.48. The van der Waals surface area contributed by atoms with E-state index in [4.69, 9.17) is 0 Å². The molecular formula is C18H17N. The van der Waals surface area contributed by atoms with Gasteiger partial charge in [0.05, 0.1) is 0 Å². The molecule has 1 heteroatoms. The Bertz CT molecular complexity index is 668. The lowest BCUT2D eigenvalue weighted by Gasteiger charge is -2.20. The number of para-hydroxylation sites is 1. The van der Waals surface area contributed by atoms with Crippen LogP contribution in [0.15, 0.2) is 72.8 Å². The van der Waals surface area contributed by atoms with Gasteiger partial charge in [-0.2, -0.15) is 0 Å². The number of fused-ring (bicyclic) bond motifs is 1. The number of nitrogens with zero attached hydrogens (tertiary/aromatic N) is 1. The highest BCUT2D eigenvalue weighted by Gasteiger charge is 2.04. The molecule has 0 saturated heterocycles. The molecule has 3 rings (SSSR count). The zero-order chi connectivity index (χ0) is 13.1. The van der Waals surface area contributed by atoms with Crippen molar-refractivity contribution >= 4 is 16.5 Å². The van der Waals surface area contributed by atoms with E-state index in [-0.39, 0.29) is 0 Å². The van der Waals surface area contributed by atoms with Gasteiger partial charge in [0, 0.05) is 19.3 Å².